The number of nitrogens with one attached hydrogen (secondary N) is 1. The summed E-state index contributed by atoms with van der Waals surface area (Å²) in [6.45, 7) is 4.54. The van der Waals surface area contributed by atoms with Crippen LogP contribution in [-0.2, 0) is 6.54 Å². The van der Waals surface area contributed by atoms with Gasteiger partial charge in [0.15, 0.2) is 5.13 Å². The van der Waals surface area contributed by atoms with Crippen molar-refractivity contribution in [3.05, 3.63) is 56.1 Å². The molecule has 2 heterocycles. The van der Waals surface area contributed by atoms with Crippen LogP contribution in [0.25, 0.3) is 0 Å². The Balaban J connectivity index is 1.73. The largest absolute Gasteiger partial charge is 0.497 e. The zero-order valence-corrected chi connectivity index (χ0v) is 15.9. The predicted octanol–water partition coefficient (Wildman–Crippen LogP) is 4.26. The molecule has 1 aromatic carbocycles. The zero-order valence-electron chi connectivity index (χ0n) is 14.3. The van der Waals surface area contributed by atoms with Crippen molar-refractivity contribution in [1.82, 2.24) is 4.98 Å². The number of hydrogen-bond acceptors (Lipinski definition) is 7. The van der Waals surface area contributed by atoms with Crippen LogP contribution in [0.5, 0.6) is 5.75 Å². The molecule has 130 valence electrons. The standard InChI is InChI=1S/C18H19N3O2S2/c1-10-8-14(11(2)24-10)15(22)16-17(19)21-18(25-16)20-9-12-4-6-13(23-3)7-5-12/h4-8H,9,19H2,1-3H3,(H,20,21). The number of benzene rings is 1. The number of hydrogen-bond donors (Lipinski definition) is 2. The maximum Gasteiger partial charge on any atom is 0.207 e. The summed E-state index contributed by atoms with van der Waals surface area (Å²) in [6, 6.07) is 9.68. The Morgan fingerprint density at radius 1 is 1.24 bits per heavy atom. The smallest absolute Gasteiger partial charge is 0.207 e. The van der Waals surface area contributed by atoms with Crippen molar-refractivity contribution in [2.24, 2.45) is 0 Å². The summed E-state index contributed by atoms with van der Waals surface area (Å²) in [5, 5.41) is 3.86. The highest BCUT2D eigenvalue weighted by atomic mass is 32.1. The number of anilines is 2. The van der Waals surface area contributed by atoms with Gasteiger partial charge in [-0.05, 0) is 37.6 Å². The van der Waals surface area contributed by atoms with E-state index >= 15 is 0 Å². The molecule has 0 aliphatic carbocycles. The number of thiophene rings is 1. The number of carbonyl (C=O) groups is 1. The zero-order chi connectivity index (χ0) is 18.0. The second kappa shape index (κ2) is 7.25. The first kappa shape index (κ1) is 17.4. The van der Waals surface area contributed by atoms with Crippen LogP contribution in [0.2, 0.25) is 0 Å². The monoisotopic (exact) mass is 373 g/mol. The minimum absolute atomic E-state index is 0.0608. The van der Waals surface area contributed by atoms with E-state index in [0.717, 1.165) is 21.1 Å². The molecule has 3 aromatic rings. The molecule has 0 saturated carbocycles. The molecular weight excluding hydrogens is 354 g/mol. The first-order valence-corrected chi connectivity index (χ1v) is 9.36. The molecule has 3 N–H and O–H groups in total. The molecule has 0 atom stereocenters. The number of carbonyl (C=O) groups excluding carboxylic acids is 1. The molecular formula is C18H19N3O2S2. The maximum absolute atomic E-state index is 12.7. The third kappa shape index (κ3) is 3.83. The lowest BCUT2D eigenvalue weighted by Gasteiger charge is -2.04. The summed E-state index contributed by atoms with van der Waals surface area (Å²) < 4.78 is 5.15. The number of nitrogens with zero attached hydrogens (tertiary/aromatic N) is 1. The van der Waals surface area contributed by atoms with Gasteiger partial charge in [0, 0.05) is 21.9 Å². The van der Waals surface area contributed by atoms with Gasteiger partial charge < -0.3 is 15.8 Å². The lowest BCUT2D eigenvalue weighted by molar-refractivity contribution is 0.104. The van der Waals surface area contributed by atoms with Gasteiger partial charge in [-0.2, -0.15) is 0 Å². The van der Waals surface area contributed by atoms with Crippen molar-refractivity contribution in [3.63, 3.8) is 0 Å². The second-order valence-electron chi connectivity index (χ2n) is 5.59. The number of aryl methyl sites for hydroxylation is 2. The van der Waals surface area contributed by atoms with E-state index in [1.54, 1.807) is 18.4 Å². The number of ketones is 1. The van der Waals surface area contributed by atoms with Crippen LogP contribution in [0.3, 0.4) is 0 Å². The fraction of sp³-hybridized carbons (Fsp3) is 0.222. The number of aromatic nitrogens is 1. The van der Waals surface area contributed by atoms with Crippen LogP contribution < -0.4 is 15.8 Å². The Bertz CT molecular complexity index is 898. The fourth-order valence-corrected chi connectivity index (χ4v) is 4.23. The first-order chi connectivity index (χ1) is 12.0. The lowest BCUT2D eigenvalue weighted by Crippen LogP contribution is -2.02. The van der Waals surface area contributed by atoms with E-state index in [-0.39, 0.29) is 11.6 Å². The molecule has 0 fully saturated rings. The van der Waals surface area contributed by atoms with Crippen LogP contribution in [0, 0.1) is 13.8 Å². The number of rotatable bonds is 6. The number of methoxy groups -OCH3 is 1. The van der Waals surface area contributed by atoms with Gasteiger partial charge >= 0.3 is 0 Å². The van der Waals surface area contributed by atoms with Crippen molar-refractivity contribution in [2.45, 2.75) is 20.4 Å². The molecule has 0 amide bonds. The van der Waals surface area contributed by atoms with Gasteiger partial charge in [0.1, 0.15) is 16.4 Å². The summed E-state index contributed by atoms with van der Waals surface area (Å²) in [4.78, 5) is 19.6. The highest BCUT2D eigenvalue weighted by Crippen LogP contribution is 2.31. The van der Waals surface area contributed by atoms with Gasteiger partial charge in [-0.15, -0.1) is 11.3 Å². The Hall–Kier alpha value is -2.38. The fourth-order valence-electron chi connectivity index (χ4n) is 2.47. The molecule has 7 heteroatoms. The molecule has 0 saturated heterocycles. The van der Waals surface area contributed by atoms with Gasteiger partial charge in [0.25, 0.3) is 0 Å². The van der Waals surface area contributed by atoms with Crippen molar-refractivity contribution in [1.29, 1.82) is 0 Å². The van der Waals surface area contributed by atoms with Gasteiger partial charge in [0.2, 0.25) is 5.78 Å². The van der Waals surface area contributed by atoms with E-state index in [1.807, 2.05) is 44.2 Å². The third-order valence-corrected chi connectivity index (χ3v) is 5.74. The quantitative estimate of drug-likeness (QED) is 0.632. The number of nitrogen functional groups attached to an aromatic ring is 1. The van der Waals surface area contributed by atoms with Crippen molar-refractivity contribution in [3.8, 4) is 5.75 Å². The molecule has 5 nitrogen and oxygen atoms in total. The predicted molar refractivity (Wildman–Crippen MR) is 104 cm³/mol. The Morgan fingerprint density at radius 2 is 1.96 bits per heavy atom. The number of thiazole rings is 1. The highest BCUT2D eigenvalue weighted by molar-refractivity contribution is 7.18. The topological polar surface area (TPSA) is 77.2 Å². The minimum atomic E-state index is -0.0608. The first-order valence-electron chi connectivity index (χ1n) is 7.72. The van der Waals surface area contributed by atoms with E-state index in [4.69, 9.17) is 10.5 Å². The maximum atomic E-state index is 12.7. The van der Waals surface area contributed by atoms with Crippen LogP contribution >= 0.6 is 22.7 Å². The van der Waals surface area contributed by atoms with Gasteiger partial charge in [-0.3, -0.25) is 4.79 Å². The summed E-state index contributed by atoms with van der Waals surface area (Å²) in [5.41, 5.74) is 7.77. The van der Waals surface area contributed by atoms with E-state index in [0.29, 0.717) is 22.1 Å². The average molecular weight is 374 g/mol. The van der Waals surface area contributed by atoms with Gasteiger partial charge in [0.05, 0.1) is 7.11 Å². The molecule has 3 rings (SSSR count). The summed E-state index contributed by atoms with van der Waals surface area (Å²) in [5.74, 6) is 1.03. The molecule has 0 radical (unpaired) electrons. The van der Waals surface area contributed by atoms with Gasteiger partial charge in [-0.25, -0.2) is 4.98 Å². The van der Waals surface area contributed by atoms with Crippen LogP contribution in [0.1, 0.15) is 30.6 Å². The number of ether oxygens (including phenoxy) is 1. The number of nitrogens with two attached hydrogens (primary N) is 1. The van der Waals surface area contributed by atoms with Crippen LogP contribution in [-0.4, -0.2) is 17.9 Å². The van der Waals surface area contributed by atoms with Crippen LogP contribution in [0.4, 0.5) is 10.9 Å². The second-order valence-corrected chi connectivity index (χ2v) is 8.05. The summed E-state index contributed by atoms with van der Waals surface area (Å²) >= 11 is 2.90. The lowest BCUT2D eigenvalue weighted by atomic mass is 10.1. The van der Waals surface area contributed by atoms with Crippen LogP contribution in [0.15, 0.2) is 30.3 Å². The third-order valence-electron chi connectivity index (χ3n) is 3.75. The van der Waals surface area contributed by atoms with E-state index in [9.17, 15) is 4.79 Å². The molecule has 0 aliphatic rings. The Kier molecular flexibility index (Phi) is 5.06. The van der Waals surface area contributed by atoms with Crippen molar-refractivity contribution < 1.29 is 9.53 Å². The normalized spacial score (nSPS) is 10.7. The Morgan fingerprint density at radius 3 is 2.56 bits per heavy atom. The molecule has 0 spiro atoms. The van der Waals surface area contributed by atoms with E-state index in [1.165, 1.54) is 11.3 Å². The summed E-state index contributed by atoms with van der Waals surface area (Å²) in [6.07, 6.45) is 0. The summed E-state index contributed by atoms with van der Waals surface area (Å²) in [7, 11) is 1.64. The molecule has 0 bridgehead atoms. The SMILES string of the molecule is COc1ccc(CNc2nc(N)c(C(=O)c3cc(C)sc3C)s2)cc1. The minimum Gasteiger partial charge on any atom is -0.497 e. The highest BCUT2D eigenvalue weighted by Gasteiger charge is 2.20. The average Bonchev–Trinajstić information content (AvgIpc) is 3.14. The molecule has 0 unspecified atom stereocenters. The molecule has 2 aromatic heterocycles. The van der Waals surface area contributed by atoms with Crippen molar-refractivity contribution >= 4 is 39.4 Å². The molecule has 0 aliphatic heterocycles. The van der Waals surface area contributed by atoms with Gasteiger partial charge in [-0.1, -0.05) is 23.5 Å². The Labute approximate surface area is 154 Å². The molecule has 25 heavy (non-hydrogen) atoms. The van der Waals surface area contributed by atoms with Crippen molar-refractivity contribution in [2.75, 3.05) is 18.2 Å². The van der Waals surface area contributed by atoms with E-state index < -0.39 is 0 Å². The van der Waals surface area contributed by atoms with E-state index in [2.05, 4.69) is 10.3 Å².